The highest BCUT2D eigenvalue weighted by molar-refractivity contribution is 7.00. The van der Waals surface area contributed by atoms with Crippen LogP contribution in [0.2, 0.25) is 0 Å². The zero-order valence-electron chi connectivity index (χ0n) is 51.8. The number of hydrogen-bond donors (Lipinski definition) is 0. The van der Waals surface area contributed by atoms with Crippen LogP contribution >= 0.6 is 0 Å². The lowest BCUT2D eigenvalue weighted by Crippen LogP contribution is -2.61. The molecule has 0 unspecified atom stereocenters. The molecular weight excluding hydrogens is 1090 g/mol. The summed E-state index contributed by atoms with van der Waals surface area (Å²) in [5.41, 5.74) is 30.6. The Bertz CT molecular complexity index is 4740. The van der Waals surface area contributed by atoms with E-state index in [-0.39, 0.29) is 17.5 Å². The monoisotopic (exact) mass is 1150 g/mol. The standard InChI is InChI=1S/C86H68BN3/c1-85(2,3)65-47-41-61(42-48-65)70-35-23-37-72-73-38-24-36-71(62-43-49-66(50-44-62)86(4,5)6)84(73)88(83(70)72)67-55-80-82-81(56-67)90(77-40-22-20-34-69(77)60-31-17-10-18-32-60)79-52-46-64(58-27-13-8-14-28-58)54-75(79)87(82)74-53-63(57-25-11-7-12-26-57)45-51-78(74)89(80)76-39-21-19-33-68(76)59-29-15-9-16-30-59/h7-56H,1-6H3. The van der Waals surface area contributed by atoms with E-state index in [0.29, 0.717) is 0 Å². The van der Waals surface area contributed by atoms with E-state index in [2.05, 4.69) is 359 Å². The van der Waals surface area contributed by atoms with Crippen LogP contribution in [0.3, 0.4) is 0 Å². The highest BCUT2D eigenvalue weighted by atomic mass is 15.2. The summed E-state index contributed by atoms with van der Waals surface area (Å²) in [6, 6.07) is 114. The smallest absolute Gasteiger partial charge is 0.252 e. The average molecular weight is 1150 g/mol. The van der Waals surface area contributed by atoms with Gasteiger partial charge < -0.3 is 14.4 Å². The summed E-state index contributed by atoms with van der Waals surface area (Å²) < 4.78 is 2.64. The number of hydrogen-bond acceptors (Lipinski definition) is 2. The average Bonchev–Trinajstić information content (AvgIpc) is 0.904. The van der Waals surface area contributed by atoms with E-state index < -0.39 is 0 Å². The molecule has 0 radical (unpaired) electrons. The zero-order valence-corrected chi connectivity index (χ0v) is 51.8. The van der Waals surface area contributed by atoms with E-state index in [9.17, 15) is 0 Å². The first kappa shape index (κ1) is 54.7. The number of aromatic nitrogens is 1. The van der Waals surface area contributed by atoms with Crippen LogP contribution in [0.25, 0.3) is 94.3 Å². The summed E-state index contributed by atoms with van der Waals surface area (Å²) >= 11 is 0. The normalized spacial score (nSPS) is 12.7. The summed E-state index contributed by atoms with van der Waals surface area (Å²) in [4.78, 5) is 5.23. The minimum atomic E-state index is -0.186. The predicted octanol–water partition coefficient (Wildman–Crippen LogP) is 21.5. The first-order valence-corrected chi connectivity index (χ1v) is 31.7. The molecule has 0 bridgehead atoms. The first-order chi connectivity index (χ1) is 43.9. The van der Waals surface area contributed by atoms with Crippen molar-refractivity contribution < 1.29 is 0 Å². The molecule has 13 aromatic carbocycles. The molecule has 16 rings (SSSR count). The number of benzene rings is 13. The SMILES string of the molecule is CC(C)(C)c1ccc(-c2cccc3c4cccc(-c5ccc(C(C)(C)C)cc5)c4n(-c4cc5c6c(c4)N(c4ccccc4-c4ccccc4)c4ccc(-c7ccccc7)cc4B6c4cc(-c6ccccc6)ccc4N5c4ccccc4-c4ccccc4)c23)cc1. The van der Waals surface area contributed by atoms with E-state index in [4.69, 9.17) is 0 Å². The van der Waals surface area contributed by atoms with Crippen molar-refractivity contribution >= 4 is 79.0 Å². The fourth-order valence-corrected chi connectivity index (χ4v) is 14.5. The number of nitrogens with zero attached hydrogens (tertiary/aromatic N) is 3. The van der Waals surface area contributed by atoms with Crippen LogP contribution in [0.5, 0.6) is 0 Å². The van der Waals surface area contributed by atoms with Crippen molar-refractivity contribution in [2.45, 2.75) is 52.4 Å². The van der Waals surface area contributed by atoms with Gasteiger partial charge in [-0.15, -0.1) is 0 Å². The van der Waals surface area contributed by atoms with Crippen molar-refractivity contribution in [2.75, 3.05) is 9.80 Å². The lowest BCUT2D eigenvalue weighted by Gasteiger charge is -2.45. The molecule has 0 fully saturated rings. The number of para-hydroxylation sites is 4. The molecule has 2 aliphatic heterocycles. The third-order valence-corrected chi connectivity index (χ3v) is 18.9. The van der Waals surface area contributed by atoms with Gasteiger partial charge in [0.05, 0.1) is 28.1 Å². The van der Waals surface area contributed by atoms with Crippen molar-refractivity contribution in [1.82, 2.24) is 4.57 Å². The number of fused-ring (bicyclic) bond motifs is 7. The van der Waals surface area contributed by atoms with E-state index in [1.54, 1.807) is 0 Å². The Morgan fingerprint density at radius 1 is 0.256 bits per heavy atom. The van der Waals surface area contributed by atoms with Gasteiger partial charge in [0.2, 0.25) is 0 Å². The van der Waals surface area contributed by atoms with Crippen LogP contribution in [0.15, 0.2) is 303 Å². The first-order valence-electron chi connectivity index (χ1n) is 31.7. The lowest BCUT2D eigenvalue weighted by molar-refractivity contribution is 0.590. The molecule has 90 heavy (non-hydrogen) atoms. The lowest BCUT2D eigenvalue weighted by atomic mass is 9.33. The Hall–Kier alpha value is -10.7. The van der Waals surface area contributed by atoms with Crippen molar-refractivity contribution in [3.05, 3.63) is 314 Å². The molecule has 0 saturated heterocycles. The van der Waals surface area contributed by atoms with Crippen molar-refractivity contribution in [3.8, 4) is 72.4 Å². The third-order valence-electron chi connectivity index (χ3n) is 18.9. The van der Waals surface area contributed by atoms with Crippen LogP contribution < -0.4 is 26.2 Å². The molecule has 0 spiro atoms. The Labute approximate surface area is 529 Å². The van der Waals surface area contributed by atoms with Gasteiger partial charge in [-0.1, -0.05) is 308 Å². The summed E-state index contributed by atoms with van der Waals surface area (Å²) in [7, 11) is 0. The second-order valence-electron chi connectivity index (χ2n) is 26.4. The Morgan fingerprint density at radius 3 is 0.978 bits per heavy atom. The summed E-state index contributed by atoms with van der Waals surface area (Å²) in [5.74, 6) is 0. The maximum atomic E-state index is 2.64. The van der Waals surface area contributed by atoms with Crippen LogP contribution in [0.4, 0.5) is 34.1 Å². The van der Waals surface area contributed by atoms with Gasteiger partial charge in [-0.2, -0.15) is 0 Å². The quantitative estimate of drug-likeness (QED) is 0.133. The van der Waals surface area contributed by atoms with Gasteiger partial charge in [0, 0.05) is 55.8 Å². The van der Waals surface area contributed by atoms with E-state index in [1.165, 1.54) is 93.8 Å². The van der Waals surface area contributed by atoms with Crippen LogP contribution in [-0.4, -0.2) is 11.3 Å². The highest BCUT2D eigenvalue weighted by Crippen LogP contribution is 2.51. The van der Waals surface area contributed by atoms with E-state index in [0.717, 1.165) is 62.1 Å². The topological polar surface area (TPSA) is 11.4 Å². The fraction of sp³-hybridized carbons (Fsp3) is 0.0930. The molecule has 3 heterocycles. The van der Waals surface area contributed by atoms with Gasteiger partial charge in [0.25, 0.3) is 6.71 Å². The molecule has 430 valence electrons. The molecular formula is C86H68BN3. The third kappa shape index (κ3) is 9.20. The molecule has 2 aliphatic rings. The molecule has 0 N–H and O–H groups in total. The second kappa shape index (κ2) is 21.6. The Kier molecular flexibility index (Phi) is 13.1. The molecule has 14 aromatic rings. The van der Waals surface area contributed by atoms with Crippen molar-refractivity contribution in [2.24, 2.45) is 0 Å². The van der Waals surface area contributed by atoms with Crippen molar-refractivity contribution in [1.29, 1.82) is 0 Å². The van der Waals surface area contributed by atoms with Crippen LogP contribution in [0.1, 0.15) is 52.7 Å². The molecule has 1 aromatic heterocycles. The molecule has 0 saturated carbocycles. The predicted molar refractivity (Wildman–Crippen MR) is 385 cm³/mol. The number of anilines is 6. The Balaban J connectivity index is 1.08. The molecule has 4 heteroatoms. The van der Waals surface area contributed by atoms with Gasteiger partial charge >= 0.3 is 0 Å². The molecule has 0 amide bonds. The Morgan fingerprint density at radius 2 is 0.589 bits per heavy atom. The fourth-order valence-electron chi connectivity index (χ4n) is 14.5. The van der Waals surface area contributed by atoms with Gasteiger partial charge in [0.15, 0.2) is 0 Å². The molecule has 3 nitrogen and oxygen atoms in total. The van der Waals surface area contributed by atoms with Crippen LogP contribution in [0, 0.1) is 0 Å². The summed E-state index contributed by atoms with van der Waals surface area (Å²) in [5, 5.41) is 2.41. The minimum absolute atomic E-state index is 0.00127. The maximum absolute atomic E-state index is 2.64. The molecule has 0 aliphatic carbocycles. The maximum Gasteiger partial charge on any atom is 0.252 e. The number of rotatable bonds is 9. The van der Waals surface area contributed by atoms with Gasteiger partial charge in [-0.05, 0) is 119 Å². The van der Waals surface area contributed by atoms with Gasteiger partial charge in [-0.3, -0.25) is 0 Å². The van der Waals surface area contributed by atoms with Crippen LogP contribution in [-0.2, 0) is 10.8 Å². The molecule has 0 atom stereocenters. The minimum Gasteiger partial charge on any atom is -0.311 e. The summed E-state index contributed by atoms with van der Waals surface area (Å²) in [6.07, 6.45) is 0. The van der Waals surface area contributed by atoms with Gasteiger partial charge in [-0.25, -0.2) is 0 Å². The zero-order chi connectivity index (χ0) is 60.8. The van der Waals surface area contributed by atoms with Crippen molar-refractivity contribution in [3.63, 3.8) is 0 Å². The van der Waals surface area contributed by atoms with Gasteiger partial charge in [0.1, 0.15) is 0 Å². The van der Waals surface area contributed by atoms with E-state index >= 15 is 0 Å². The summed E-state index contributed by atoms with van der Waals surface area (Å²) in [6.45, 7) is 13.6. The van der Waals surface area contributed by atoms with E-state index in [1.807, 2.05) is 0 Å². The second-order valence-corrected chi connectivity index (χ2v) is 26.4. The largest absolute Gasteiger partial charge is 0.311 e. The highest BCUT2D eigenvalue weighted by Gasteiger charge is 2.45.